The van der Waals surface area contributed by atoms with E-state index in [0.29, 0.717) is 61.5 Å². The number of nitrogens with zero attached hydrogens (tertiary/aromatic N) is 3. The third kappa shape index (κ3) is 6.55. The highest BCUT2D eigenvalue weighted by Gasteiger charge is 2.74. The van der Waals surface area contributed by atoms with Gasteiger partial charge in [0.25, 0.3) is 0 Å². The summed E-state index contributed by atoms with van der Waals surface area (Å²) in [6.07, 6.45) is 3.09. The van der Waals surface area contributed by atoms with Gasteiger partial charge in [0, 0.05) is 49.4 Å². The van der Waals surface area contributed by atoms with Crippen LogP contribution in [0.1, 0.15) is 39.6 Å². The molecule has 4 aliphatic rings. The second-order valence-corrected chi connectivity index (χ2v) is 13.6. The van der Waals surface area contributed by atoms with Gasteiger partial charge in [0.2, 0.25) is 0 Å². The molecule has 4 aromatic rings. The molecule has 1 aromatic heterocycles. The first kappa shape index (κ1) is 34.0. The van der Waals surface area contributed by atoms with Crippen LogP contribution in [0.4, 0.5) is 10.5 Å². The van der Waals surface area contributed by atoms with E-state index in [1.54, 1.807) is 49.5 Å². The Morgan fingerprint density at radius 2 is 1.64 bits per heavy atom. The molecule has 3 aliphatic heterocycles. The lowest BCUT2D eigenvalue weighted by molar-refractivity contribution is 0.0296. The quantitative estimate of drug-likeness (QED) is 0.139. The molecule has 0 radical (unpaired) electrons. The van der Waals surface area contributed by atoms with Crippen molar-refractivity contribution in [2.75, 3.05) is 45.9 Å². The molecule has 3 aromatic carbocycles. The van der Waals surface area contributed by atoms with Crippen molar-refractivity contribution in [3.8, 4) is 17.2 Å². The molecule has 3 unspecified atom stereocenters. The second-order valence-electron chi connectivity index (χ2n) is 12.8. The van der Waals surface area contributed by atoms with Crippen LogP contribution in [0.5, 0.6) is 17.2 Å². The average Bonchev–Trinajstić information content (AvgIpc) is 3.63. The predicted octanol–water partition coefficient (Wildman–Crippen LogP) is 7.40. The summed E-state index contributed by atoms with van der Waals surface area (Å²) in [6, 6.07) is 19.6. The molecule has 4 bridgehead atoms. The molecule has 0 spiro atoms. The van der Waals surface area contributed by atoms with Crippen LogP contribution in [0.2, 0.25) is 10.0 Å². The lowest BCUT2D eigenvalue weighted by atomic mass is 10.0. The fourth-order valence-electron chi connectivity index (χ4n) is 7.37. The summed E-state index contributed by atoms with van der Waals surface area (Å²) in [5, 5.41) is 0.719. The number of methoxy groups -OCH3 is 3. The van der Waals surface area contributed by atoms with Crippen LogP contribution in [0.3, 0.4) is 0 Å². The predicted molar refractivity (Wildman–Crippen MR) is 189 cm³/mol. The second kappa shape index (κ2) is 14.0. The number of carbonyl (C=O) groups is 2. The highest BCUT2D eigenvalue weighted by atomic mass is 35.5. The van der Waals surface area contributed by atoms with Gasteiger partial charge < -0.3 is 23.7 Å². The Bertz CT molecular complexity index is 1860. The molecule has 1 saturated carbocycles. The summed E-state index contributed by atoms with van der Waals surface area (Å²) < 4.78 is 28.6. The Labute approximate surface area is 300 Å². The molecule has 12 heteroatoms. The molecule has 1 aliphatic carbocycles. The van der Waals surface area contributed by atoms with E-state index in [2.05, 4.69) is 9.88 Å². The maximum absolute atomic E-state index is 13.8. The summed E-state index contributed by atoms with van der Waals surface area (Å²) in [5.74, 6) is 2.01. The number of aromatic nitrogens is 1. The Hall–Kier alpha value is -4.51. The molecule has 0 N–H and O–H groups in total. The highest BCUT2D eigenvalue weighted by Crippen LogP contribution is 2.63. The Balaban J connectivity index is 1.10. The maximum atomic E-state index is 13.8. The van der Waals surface area contributed by atoms with Crippen molar-refractivity contribution >= 4 is 41.0 Å². The van der Waals surface area contributed by atoms with Crippen LogP contribution in [-0.2, 0) is 22.4 Å². The number of anilines is 1. The summed E-state index contributed by atoms with van der Waals surface area (Å²) in [6.45, 7) is 3.10. The number of hydrogen-bond donors (Lipinski definition) is 0. The Morgan fingerprint density at radius 3 is 2.24 bits per heavy atom. The molecular weight excluding hydrogens is 681 g/mol. The standard InChI is InChI=1S/C38H37Cl2N3O7/c1-46-27-11-9-26(10-12-27)43(37(45)50-38-22-42-15-14-29(38)30(38)21-42)20-23-4-6-24(7-5-23)36(44)49-34(17-28-31(39)18-41-19-32(28)40)25-8-13-33(47-2)35(16-25)48-3/h4-13,16,18-19,29-30,34H,14-15,17,20-22H2,1-3H3/t29?,30?,34-,38-/m1/s1. The third-order valence-electron chi connectivity index (χ3n) is 10.1. The highest BCUT2D eigenvalue weighted by molar-refractivity contribution is 6.35. The summed E-state index contributed by atoms with van der Waals surface area (Å²) in [4.78, 5) is 35.5. The van der Waals surface area contributed by atoms with Crippen LogP contribution in [0, 0.1) is 11.8 Å². The number of piperidine rings is 3. The van der Waals surface area contributed by atoms with Gasteiger partial charge in [-0.05, 0) is 78.2 Å². The fourth-order valence-corrected chi connectivity index (χ4v) is 7.89. The minimum absolute atomic E-state index is 0.194. The van der Waals surface area contributed by atoms with Crippen molar-refractivity contribution in [3.63, 3.8) is 0 Å². The largest absolute Gasteiger partial charge is 0.497 e. The number of amides is 1. The molecular formula is C38H37Cl2N3O7. The van der Waals surface area contributed by atoms with E-state index in [1.165, 1.54) is 19.5 Å². The molecule has 50 heavy (non-hydrogen) atoms. The van der Waals surface area contributed by atoms with Gasteiger partial charge >= 0.3 is 12.1 Å². The normalized spacial score (nSPS) is 21.9. The molecule has 3 saturated heterocycles. The van der Waals surface area contributed by atoms with Crippen molar-refractivity contribution in [1.82, 2.24) is 9.88 Å². The van der Waals surface area contributed by atoms with Gasteiger partial charge in [0.05, 0.1) is 43.5 Å². The molecule has 4 fully saturated rings. The van der Waals surface area contributed by atoms with Gasteiger partial charge in [0.15, 0.2) is 11.5 Å². The summed E-state index contributed by atoms with van der Waals surface area (Å²) in [5.41, 5.74) is 2.69. The first-order valence-corrected chi connectivity index (χ1v) is 17.1. The van der Waals surface area contributed by atoms with Crippen molar-refractivity contribution in [3.05, 3.63) is 111 Å². The van der Waals surface area contributed by atoms with E-state index in [1.807, 2.05) is 36.4 Å². The van der Waals surface area contributed by atoms with E-state index in [9.17, 15) is 9.59 Å². The van der Waals surface area contributed by atoms with Gasteiger partial charge in [-0.3, -0.25) is 14.8 Å². The number of halogens is 2. The lowest BCUT2D eigenvalue weighted by Gasteiger charge is -2.31. The SMILES string of the molecule is COc1ccc(N(Cc2ccc(C(=O)O[C@H](Cc3c(Cl)cncc3Cl)c3ccc(OC)c(OC)c3)cc2)C(=O)O[C@]23CN4CCC2C3C4)cc1. The van der Waals surface area contributed by atoms with Crippen LogP contribution in [0.15, 0.2) is 79.1 Å². The van der Waals surface area contributed by atoms with Gasteiger partial charge in [0.1, 0.15) is 17.5 Å². The minimum atomic E-state index is -0.771. The number of ether oxygens (including phenoxy) is 5. The lowest BCUT2D eigenvalue weighted by Crippen LogP contribution is -2.42. The fraction of sp³-hybridized carbons (Fsp3) is 0.342. The average molecular weight is 719 g/mol. The Morgan fingerprint density at radius 1 is 0.920 bits per heavy atom. The zero-order chi connectivity index (χ0) is 35.0. The molecule has 5 atom stereocenters. The number of esters is 1. The summed E-state index contributed by atoms with van der Waals surface area (Å²) in [7, 11) is 4.69. The van der Waals surface area contributed by atoms with Crippen molar-refractivity contribution in [2.45, 2.75) is 31.1 Å². The molecule has 4 heterocycles. The number of rotatable bonds is 12. The van der Waals surface area contributed by atoms with Crippen LogP contribution >= 0.6 is 23.2 Å². The Kier molecular flexibility index (Phi) is 9.52. The van der Waals surface area contributed by atoms with E-state index < -0.39 is 12.1 Å². The third-order valence-corrected chi connectivity index (χ3v) is 10.7. The van der Waals surface area contributed by atoms with Gasteiger partial charge in [-0.15, -0.1) is 0 Å². The number of benzene rings is 3. The molecule has 8 rings (SSSR count). The topological polar surface area (TPSA) is 99.7 Å². The molecule has 260 valence electrons. The van der Waals surface area contributed by atoms with Crippen LogP contribution in [-0.4, -0.2) is 68.5 Å². The first-order valence-electron chi connectivity index (χ1n) is 16.4. The summed E-state index contributed by atoms with van der Waals surface area (Å²) >= 11 is 12.9. The number of hydrogen-bond acceptors (Lipinski definition) is 9. The van der Waals surface area contributed by atoms with Crippen molar-refractivity contribution < 1.29 is 33.3 Å². The first-order chi connectivity index (χ1) is 24.2. The molecule has 1 amide bonds. The van der Waals surface area contributed by atoms with E-state index in [0.717, 1.165) is 31.6 Å². The smallest absolute Gasteiger partial charge is 0.415 e. The van der Waals surface area contributed by atoms with Gasteiger partial charge in [-0.25, -0.2) is 9.59 Å². The maximum Gasteiger partial charge on any atom is 0.415 e. The zero-order valence-corrected chi connectivity index (χ0v) is 29.4. The molecule has 10 nitrogen and oxygen atoms in total. The van der Waals surface area contributed by atoms with Crippen LogP contribution < -0.4 is 19.1 Å². The van der Waals surface area contributed by atoms with E-state index >= 15 is 0 Å². The zero-order valence-electron chi connectivity index (χ0n) is 27.9. The monoisotopic (exact) mass is 717 g/mol. The van der Waals surface area contributed by atoms with Gasteiger partial charge in [-0.1, -0.05) is 41.4 Å². The van der Waals surface area contributed by atoms with Gasteiger partial charge in [-0.2, -0.15) is 0 Å². The van der Waals surface area contributed by atoms with Crippen molar-refractivity contribution in [2.24, 2.45) is 11.8 Å². The van der Waals surface area contributed by atoms with E-state index in [4.69, 9.17) is 46.9 Å². The number of fused-ring (bicyclic) bond motifs is 1. The van der Waals surface area contributed by atoms with Crippen molar-refractivity contribution in [1.29, 1.82) is 0 Å². The van der Waals surface area contributed by atoms with Crippen LogP contribution in [0.25, 0.3) is 0 Å². The minimum Gasteiger partial charge on any atom is -0.497 e. The van der Waals surface area contributed by atoms with E-state index in [-0.39, 0.29) is 24.7 Å². The number of pyridine rings is 1. The number of carbonyl (C=O) groups excluding carboxylic acids is 2.